The van der Waals surface area contributed by atoms with Crippen molar-refractivity contribution in [3.8, 4) is 5.75 Å². The highest BCUT2D eigenvalue weighted by Gasteiger charge is 2.24. The number of H-pyrrole nitrogens is 1. The number of benzene rings is 2. The van der Waals surface area contributed by atoms with Crippen LogP contribution in [0, 0.1) is 0 Å². The van der Waals surface area contributed by atoms with E-state index in [0.29, 0.717) is 21.7 Å². The van der Waals surface area contributed by atoms with Crippen molar-refractivity contribution in [2.75, 3.05) is 13.1 Å². The molecule has 6 nitrogen and oxygen atoms in total. The van der Waals surface area contributed by atoms with E-state index in [1.807, 2.05) is 6.07 Å². The Balaban J connectivity index is 1.72. The van der Waals surface area contributed by atoms with Gasteiger partial charge in [-0.3, -0.25) is 5.10 Å². The fourth-order valence-corrected chi connectivity index (χ4v) is 4.75. The van der Waals surface area contributed by atoms with Crippen molar-refractivity contribution in [1.29, 1.82) is 0 Å². The van der Waals surface area contributed by atoms with Crippen LogP contribution in [0.5, 0.6) is 5.75 Å². The standard InChI is InChI=1S/C18H18ClN3O3S/c19-12-2-1-3-15(10-12)26(23,24)18-16-11-14(4-5-17(16)21-22-18)25-13-6-8-20-9-7-13/h1-5,10-11,13,20H,6-9H2,(H,21,22). The summed E-state index contributed by atoms with van der Waals surface area (Å²) < 4.78 is 32.0. The molecular formula is C18H18ClN3O3S. The van der Waals surface area contributed by atoms with Gasteiger partial charge in [0.05, 0.1) is 10.4 Å². The summed E-state index contributed by atoms with van der Waals surface area (Å²) in [6.45, 7) is 1.85. The lowest BCUT2D eigenvalue weighted by Gasteiger charge is -2.23. The molecule has 0 saturated carbocycles. The highest BCUT2D eigenvalue weighted by Crippen LogP contribution is 2.30. The van der Waals surface area contributed by atoms with Gasteiger partial charge >= 0.3 is 0 Å². The summed E-state index contributed by atoms with van der Waals surface area (Å²) in [4.78, 5) is 0.125. The van der Waals surface area contributed by atoms with Crippen LogP contribution in [-0.2, 0) is 9.84 Å². The molecule has 1 aliphatic heterocycles. The van der Waals surface area contributed by atoms with E-state index in [1.54, 1.807) is 24.3 Å². The monoisotopic (exact) mass is 391 g/mol. The summed E-state index contributed by atoms with van der Waals surface area (Å²) in [6, 6.07) is 11.5. The molecule has 2 aromatic carbocycles. The zero-order valence-electron chi connectivity index (χ0n) is 13.9. The fraction of sp³-hybridized carbons (Fsp3) is 0.278. The Morgan fingerprint density at radius 2 is 1.92 bits per heavy atom. The van der Waals surface area contributed by atoms with Gasteiger partial charge in [0.25, 0.3) is 0 Å². The van der Waals surface area contributed by atoms with E-state index in [2.05, 4.69) is 15.5 Å². The maximum Gasteiger partial charge on any atom is 0.223 e. The Morgan fingerprint density at radius 3 is 2.69 bits per heavy atom. The molecule has 2 heterocycles. The SMILES string of the molecule is O=S(=O)(c1cccc(Cl)c1)c1[nH]nc2ccc(OC3CCNCC3)cc12. The molecule has 0 spiro atoms. The van der Waals surface area contributed by atoms with E-state index in [-0.39, 0.29) is 16.0 Å². The van der Waals surface area contributed by atoms with Gasteiger partial charge in [0.1, 0.15) is 11.9 Å². The third-order valence-corrected chi connectivity index (χ3v) is 6.41. The van der Waals surface area contributed by atoms with Crippen molar-refractivity contribution in [3.05, 3.63) is 47.5 Å². The lowest BCUT2D eigenvalue weighted by molar-refractivity contribution is 0.162. The number of rotatable bonds is 4. The Kier molecular flexibility index (Phi) is 4.60. The van der Waals surface area contributed by atoms with E-state index in [4.69, 9.17) is 16.3 Å². The van der Waals surface area contributed by atoms with Crippen LogP contribution in [0.2, 0.25) is 5.02 Å². The van der Waals surface area contributed by atoms with Gasteiger partial charge in [0.2, 0.25) is 9.84 Å². The first kappa shape index (κ1) is 17.3. The molecule has 4 rings (SSSR count). The first-order valence-electron chi connectivity index (χ1n) is 8.40. The molecule has 1 aromatic heterocycles. The van der Waals surface area contributed by atoms with Gasteiger partial charge in [-0.05, 0) is 62.3 Å². The van der Waals surface area contributed by atoms with Gasteiger partial charge in [-0.25, -0.2) is 8.42 Å². The minimum Gasteiger partial charge on any atom is -0.490 e. The molecule has 2 N–H and O–H groups in total. The molecule has 1 aliphatic rings. The van der Waals surface area contributed by atoms with E-state index in [1.165, 1.54) is 12.1 Å². The third-order valence-electron chi connectivity index (χ3n) is 4.45. The minimum atomic E-state index is -3.76. The predicted molar refractivity (Wildman–Crippen MR) is 99.5 cm³/mol. The lowest BCUT2D eigenvalue weighted by Crippen LogP contribution is -2.34. The molecular weight excluding hydrogens is 374 g/mol. The number of fused-ring (bicyclic) bond motifs is 1. The second-order valence-electron chi connectivity index (χ2n) is 6.26. The largest absolute Gasteiger partial charge is 0.490 e. The second-order valence-corrected chi connectivity index (χ2v) is 8.58. The van der Waals surface area contributed by atoms with Crippen LogP contribution in [0.3, 0.4) is 0 Å². The zero-order valence-corrected chi connectivity index (χ0v) is 15.5. The average molecular weight is 392 g/mol. The van der Waals surface area contributed by atoms with Crippen molar-refractivity contribution < 1.29 is 13.2 Å². The van der Waals surface area contributed by atoms with Crippen LogP contribution in [0.4, 0.5) is 0 Å². The predicted octanol–water partition coefficient (Wildman–Crippen LogP) is 3.18. The Bertz CT molecular complexity index is 1040. The summed E-state index contributed by atoms with van der Waals surface area (Å²) in [5.41, 5.74) is 0.572. The number of aromatic nitrogens is 2. The van der Waals surface area contributed by atoms with Crippen LogP contribution >= 0.6 is 11.6 Å². The molecule has 26 heavy (non-hydrogen) atoms. The summed E-state index contributed by atoms with van der Waals surface area (Å²) in [5, 5.41) is 11.0. The average Bonchev–Trinajstić information content (AvgIpc) is 3.06. The molecule has 136 valence electrons. The number of hydrogen-bond acceptors (Lipinski definition) is 5. The smallest absolute Gasteiger partial charge is 0.223 e. The quantitative estimate of drug-likeness (QED) is 0.713. The third kappa shape index (κ3) is 3.30. The summed E-state index contributed by atoms with van der Waals surface area (Å²) in [5.74, 6) is 0.647. The number of ether oxygens (including phenoxy) is 1. The van der Waals surface area contributed by atoms with Crippen molar-refractivity contribution in [3.63, 3.8) is 0 Å². The van der Waals surface area contributed by atoms with Gasteiger partial charge < -0.3 is 10.1 Å². The molecule has 1 saturated heterocycles. The molecule has 0 unspecified atom stereocenters. The first-order chi connectivity index (χ1) is 12.5. The normalized spacial score (nSPS) is 16.0. The highest BCUT2D eigenvalue weighted by atomic mass is 35.5. The Labute approximate surface area is 156 Å². The summed E-state index contributed by atoms with van der Waals surface area (Å²) in [7, 11) is -3.76. The lowest BCUT2D eigenvalue weighted by atomic mass is 10.1. The van der Waals surface area contributed by atoms with Crippen LogP contribution < -0.4 is 10.1 Å². The Hall–Kier alpha value is -2.09. The maximum absolute atomic E-state index is 13.0. The number of nitrogens with zero attached hydrogens (tertiary/aromatic N) is 1. The number of hydrogen-bond donors (Lipinski definition) is 2. The van der Waals surface area contributed by atoms with Crippen molar-refractivity contribution in [2.45, 2.75) is 28.9 Å². The van der Waals surface area contributed by atoms with Gasteiger partial charge in [-0.1, -0.05) is 17.7 Å². The molecule has 0 amide bonds. The number of nitrogens with one attached hydrogen (secondary N) is 2. The van der Waals surface area contributed by atoms with Crippen LogP contribution in [-0.4, -0.2) is 37.8 Å². The minimum absolute atomic E-state index is 0.0468. The highest BCUT2D eigenvalue weighted by molar-refractivity contribution is 7.91. The van der Waals surface area contributed by atoms with Gasteiger partial charge in [-0.2, -0.15) is 5.10 Å². The van der Waals surface area contributed by atoms with E-state index < -0.39 is 9.84 Å². The second kappa shape index (κ2) is 6.90. The summed E-state index contributed by atoms with van der Waals surface area (Å²) in [6.07, 6.45) is 1.99. The van der Waals surface area contributed by atoms with Crippen LogP contribution in [0.15, 0.2) is 52.4 Å². The number of piperidine rings is 1. The van der Waals surface area contributed by atoms with Crippen LogP contribution in [0.1, 0.15) is 12.8 Å². The fourth-order valence-electron chi connectivity index (χ4n) is 3.10. The molecule has 8 heteroatoms. The maximum atomic E-state index is 13.0. The molecule has 1 fully saturated rings. The molecule has 0 aliphatic carbocycles. The molecule has 0 bridgehead atoms. The van der Waals surface area contributed by atoms with Crippen molar-refractivity contribution >= 4 is 32.3 Å². The summed E-state index contributed by atoms with van der Waals surface area (Å²) >= 11 is 5.95. The molecule has 3 aromatic rings. The topological polar surface area (TPSA) is 84.1 Å². The first-order valence-corrected chi connectivity index (χ1v) is 10.3. The van der Waals surface area contributed by atoms with Gasteiger partial charge in [-0.15, -0.1) is 0 Å². The zero-order chi connectivity index (χ0) is 18.1. The Morgan fingerprint density at radius 1 is 1.12 bits per heavy atom. The van der Waals surface area contributed by atoms with E-state index in [9.17, 15) is 8.42 Å². The van der Waals surface area contributed by atoms with Crippen molar-refractivity contribution in [1.82, 2.24) is 15.5 Å². The molecule has 0 radical (unpaired) electrons. The number of aromatic amines is 1. The van der Waals surface area contributed by atoms with Gasteiger partial charge in [0, 0.05) is 10.4 Å². The number of halogens is 1. The number of sulfone groups is 1. The molecule has 0 atom stereocenters. The van der Waals surface area contributed by atoms with Crippen LogP contribution in [0.25, 0.3) is 10.9 Å². The van der Waals surface area contributed by atoms with Crippen molar-refractivity contribution in [2.24, 2.45) is 0 Å². The van der Waals surface area contributed by atoms with Gasteiger partial charge in [0.15, 0.2) is 5.03 Å². The van der Waals surface area contributed by atoms with E-state index in [0.717, 1.165) is 25.9 Å². The van der Waals surface area contributed by atoms with E-state index >= 15 is 0 Å².